The Labute approximate surface area is 150 Å². The molecule has 2 heteroatoms. The molecule has 0 saturated carbocycles. The highest BCUT2D eigenvalue weighted by atomic mass is 16.3. The fourth-order valence-corrected chi connectivity index (χ4v) is 4.71. The van der Waals surface area contributed by atoms with Crippen LogP contribution < -0.4 is 0 Å². The second kappa shape index (κ2) is 4.67. The lowest BCUT2D eigenvalue weighted by atomic mass is 10.0. The molecule has 0 aliphatic rings. The predicted octanol–water partition coefficient (Wildman–Crippen LogP) is 6.79. The molecule has 0 bridgehead atoms. The number of nitrogens with zero attached hydrogens (tertiary/aromatic N) is 1. The summed E-state index contributed by atoms with van der Waals surface area (Å²) in [6.07, 6.45) is 2.95. The Morgan fingerprint density at radius 3 is 2.50 bits per heavy atom. The summed E-state index contributed by atoms with van der Waals surface area (Å²) in [6, 6.07) is 19.2. The van der Waals surface area contributed by atoms with E-state index in [4.69, 9.17) is 4.42 Å². The number of fused-ring (bicyclic) bond motifs is 7. The van der Waals surface area contributed by atoms with Gasteiger partial charge in [0.05, 0.1) is 11.0 Å². The van der Waals surface area contributed by atoms with Gasteiger partial charge in [-0.25, -0.2) is 0 Å². The lowest BCUT2D eigenvalue weighted by Crippen LogP contribution is -1.90. The van der Waals surface area contributed by atoms with Crippen molar-refractivity contribution in [1.82, 2.24) is 4.40 Å². The van der Waals surface area contributed by atoms with E-state index in [0.29, 0.717) is 0 Å². The zero-order chi connectivity index (χ0) is 17.4. The van der Waals surface area contributed by atoms with Gasteiger partial charge in [-0.15, -0.1) is 0 Å². The maximum atomic E-state index is 6.24. The second-order valence-electron chi connectivity index (χ2n) is 6.89. The van der Waals surface area contributed by atoms with Crippen molar-refractivity contribution in [3.63, 3.8) is 0 Å². The third-order valence-electron chi connectivity index (χ3n) is 5.69. The van der Waals surface area contributed by atoms with Gasteiger partial charge >= 0.3 is 0 Å². The number of rotatable bonds is 2. The van der Waals surface area contributed by atoms with Gasteiger partial charge in [-0.1, -0.05) is 56.0 Å². The average Bonchev–Trinajstić information content (AvgIpc) is 3.31. The molecule has 6 rings (SSSR count). The first kappa shape index (κ1) is 14.0. The summed E-state index contributed by atoms with van der Waals surface area (Å²) in [4.78, 5) is 0. The second-order valence-corrected chi connectivity index (χ2v) is 6.89. The van der Waals surface area contributed by atoms with Gasteiger partial charge in [-0.3, -0.25) is 0 Å². The summed E-state index contributed by atoms with van der Waals surface area (Å²) in [7, 11) is 0. The number of hydrogen-bond acceptors (Lipinski definition) is 1. The van der Waals surface area contributed by atoms with Gasteiger partial charge in [0.15, 0.2) is 0 Å². The molecule has 0 radical (unpaired) electrons. The molecule has 0 unspecified atom stereocenters. The van der Waals surface area contributed by atoms with Gasteiger partial charge in [0.1, 0.15) is 11.2 Å². The van der Waals surface area contributed by atoms with E-state index in [0.717, 1.165) is 17.6 Å². The summed E-state index contributed by atoms with van der Waals surface area (Å²) in [5.74, 6) is 0. The summed E-state index contributed by atoms with van der Waals surface area (Å²) < 4.78 is 8.67. The molecule has 0 aliphatic heterocycles. The first-order chi connectivity index (χ1) is 12.8. The zero-order valence-corrected chi connectivity index (χ0v) is 14.5. The Morgan fingerprint density at radius 1 is 0.923 bits per heavy atom. The third-order valence-corrected chi connectivity index (χ3v) is 5.69. The Kier molecular flexibility index (Phi) is 2.51. The SMILES string of the molecule is C=Cc1c(CC)n2c3ccccc3c3c4c(cc1c32)oc1ccccc14. The van der Waals surface area contributed by atoms with E-state index in [1.54, 1.807) is 0 Å². The number of benzene rings is 3. The highest BCUT2D eigenvalue weighted by Gasteiger charge is 2.23. The standard InChI is InChI=1S/C24H17NO/c1-3-14-17-13-21-22(16-10-6-8-12-20(16)26-21)23-15-9-5-7-11-19(15)25(24(17)23)18(14)4-2/h3,5-13H,1,4H2,2H3. The van der Waals surface area contributed by atoms with Crippen molar-refractivity contribution in [2.45, 2.75) is 13.3 Å². The minimum Gasteiger partial charge on any atom is -0.456 e. The summed E-state index contributed by atoms with van der Waals surface area (Å²) in [5.41, 5.74) is 6.98. The Bertz CT molecular complexity index is 1480. The van der Waals surface area contributed by atoms with Crippen LogP contribution in [0.2, 0.25) is 0 Å². The normalized spacial score (nSPS) is 12.3. The molecule has 124 valence electrons. The zero-order valence-electron chi connectivity index (χ0n) is 14.5. The fraction of sp³-hybridized carbons (Fsp3) is 0.0833. The van der Waals surface area contributed by atoms with E-state index in [1.807, 2.05) is 18.2 Å². The van der Waals surface area contributed by atoms with Gasteiger partial charge in [0, 0.05) is 38.2 Å². The molecule has 3 aromatic carbocycles. The maximum absolute atomic E-state index is 6.24. The number of furan rings is 1. The minimum atomic E-state index is 0.943. The first-order valence-corrected chi connectivity index (χ1v) is 9.07. The van der Waals surface area contributed by atoms with Crippen LogP contribution in [0.4, 0.5) is 0 Å². The molecule has 0 saturated heterocycles. The average molecular weight is 335 g/mol. The van der Waals surface area contributed by atoms with Crippen molar-refractivity contribution in [2.75, 3.05) is 0 Å². The van der Waals surface area contributed by atoms with Crippen LogP contribution in [-0.4, -0.2) is 4.40 Å². The fourth-order valence-electron chi connectivity index (χ4n) is 4.71. The molecule has 0 fully saturated rings. The van der Waals surface area contributed by atoms with Crippen LogP contribution in [-0.2, 0) is 6.42 Å². The topological polar surface area (TPSA) is 17.6 Å². The molecule has 3 heterocycles. The van der Waals surface area contributed by atoms with E-state index >= 15 is 0 Å². The molecule has 3 aromatic heterocycles. The molecular weight excluding hydrogens is 318 g/mol. The van der Waals surface area contributed by atoms with Gasteiger partial charge < -0.3 is 8.82 Å². The van der Waals surface area contributed by atoms with Crippen LogP contribution in [0.15, 0.2) is 65.6 Å². The van der Waals surface area contributed by atoms with Crippen LogP contribution in [0.3, 0.4) is 0 Å². The van der Waals surface area contributed by atoms with Crippen molar-refractivity contribution >= 4 is 55.2 Å². The number of aromatic nitrogens is 1. The van der Waals surface area contributed by atoms with E-state index in [9.17, 15) is 0 Å². The predicted molar refractivity (Wildman–Crippen MR) is 110 cm³/mol. The Hall–Kier alpha value is -3.26. The van der Waals surface area contributed by atoms with Crippen LogP contribution in [0.1, 0.15) is 18.2 Å². The maximum Gasteiger partial charge on any atom is 0.136 e. The highest BCUT2D eigenvalue weighted by molar-refractivity contribution is 6.31. The van der Waals surface area contributed by atoms with E-state index < -0.39 is 0 Å². The molecule has 6 aromatic rings. The van der Waals surface area contributed by atoms with Crippen LogP contribution in [0.25, 0.3) is 55.2 Å². The quantitative estimate of drug-likeness (QED) is 0.340. The highest BCUT2D eigenvalue weighted by Crippen LogP contribution is 2.45. The molecule has 26 heavy (non-hydrogen) atoms. The van der Waals surface area contributed by atoms with Gasteiger partial charge in [-0.2, -0.15) is 0 Å². The largest absolute Gasteiger partial charge is 0.456 e. The number of aryl methyl sites for hydroxylation is 1. The molecule has 0 spiro atoms. The van der Waals surface area contributed by atoms with E-state index in [-0.39, 0.29) is 0 Å². The van der Waals surface area contributed by atoms with Crippen molar-refractivity contribution in [1.29, 1.82) is 0 Å². The molecule has 0 aliphatic carbocycles. The molecular formula is C24H17NO. The number of hydrogen-bond donors (Lipinski definition) is 0. The Balaban J connectivity index is 2.07. The molecule has 2 nitrogen and oxygen atoms in total. The number of para-hydroxylation sites is 2. The van der Waals surface area contributed by atoms with Crippen molar-refractivity contribution in [2.24, 2.45) is 0 Å². The van der Waals surface area contributed by atoms with Crippen LogP contribution in [0.5, 0.6) is 0 Å². The van der Waals surface area contributed by atoms with Crippen molar-refractivity contribution < 1.29 is 4.42 Å². The first-order valence-electron chi connectivity index (χ1n) is 9.07. The van der Waals surface area contributed by atoms with Crippen molar-refractivity contribution in [3.05, 3.63) is 72.4 Å². The van der Waals surface area contributed by atoms with Crippen LogP contribution in [0, 0.1) is 0 Å². The Morgan fingerprint density at radius 2 is 1.69 bits per heavy atom. The van der Waals surface area contributed by atoms with Crippen LogP contribution >= 0.6 is 0 Å². The van der Waals surface area contributed by atoms with E-state index in [2.05, 4.69) is 60.4 Å². The minimum absolute atomic E-state index is 0.943. The van der Waals surface area contributed by atoms with Gasteiger partial charge in [-0.05, 0) is 24.6 Å². The molecule has 0 N–H and O–H groups in total. The lowest BCUT2D eigenvalue weighted by molar-refractivity contribution is 0.669. The van der Waals surface area contributed by atoms with Gasteiger partial charge in [0.25, 0.3) is 0 Å². The molecule has 0 atom stereocenters. The smallest absolute Gasteiger partial charge is 0.136 e. The van der Waals surface area contributed by atoms with Crippen molar-refractivity contribution in [3.8, 4) is 0 Å². The third kappa shape index (κ3) is 1.45. The van der Waals surface area contributed by atoms with E-state index in [1.165, 1.54) is 49.2 Å². The monoisotopic (exact) mass is 335 g/mol. The summed E-state index contributed by atoms with van der Waals surface area (Å²) in [6.45, 7) is 6.30. The summed E-state index contributed by atoms with van der Waals surface area (Å²) in [5, 5.41) is 6.21. The lowest BCUT2D eigenvalue weighted by Gasteiger charge is -2.01. The van der Waals surface area contributed by atoms with Gasteiger partial charge in [0.2, 0.25) is 0 Å². The molecule has 0 amide bonds. The summed E-state index contributed by atoms with van der Waals surface area (Å²) >= 11 is 0.